The van der Waals surface area contributed by atoms with Crippen LogP contribution in [-0.4, -0.2) is 74.4 Å². The number of rotatable bonds is 6. The lowest BCUT2D eigenvalue weighted by Gasteiger charge is -2.10. The first-order valence-corrected chi connectivity index (χ1v) is 6.98. The summed E-state index contributed by atoms with van der Waals surface area (Å²) in [6.45, 7) is 6.73. The van der Waals surface area contributed by atoms with E-state index in [1.165, 1.54) is 13.8 Å². The van der Waals surface area contributed by atoms with Crippen LogP contribution in [-0.2, 0) is 9.59 Å². The minimum Gasteiger partial charge on any atom is -0.480 e. The summed E-state index contributed by atoms with van der Waals surface area (Å²) in [4.78, 5) is 19.7. The van der Waals surface area contributed by atoms with Crippen LogP contribution in [0.5, 0.6) is 0 Å². The van der Waals surface area contributed by atoms with Crippen molar-refractivity contribution in [1.29, 1.82) is 0 Å². The van der Waals surface area contributed by atoms with E-state index in [0.717, 1.165) is 0 Å². The van der Waals surface area contributed by atoms with Gasteiger partial charge in [0.1, 0.15) is 12.1 Å². The van der Waals surface area contributed by atoms with Crippen LogP contribution in [0.3, 0.4) is 0 Å². The largest absolute Gasteiger partial charge is 0.480 e. The Kier molecular flexibility index (Phi) is 16.5. The second-order valence-electron chi connectivity index (χ2n) is 5.30. The lowest BCUT2D eigenvalue weighted by atomic mass is 10.1. The molecule has 0 heterocycles. The zero-order valence-corrected chi connectivity index (χ0v) is 14.0. The van der Waals surface area contributed by atoms with Crippen LogP contribution >= 0.6 is 0 Å². The van der Waals surface area contributed by atoms with Crippen molar-refractivity contribution in [2.24, 2.45) is 23.1 Å². The molecule has 10 heteroatoms. The van der Waals surface area contributed by atoms with E-state index in [4.69, 9.17) is 42.7 Å². The molecule has 0 aliphatic rings. The van der Waals surface area contributed by atoms with E-state index in [1.54, 1.807) is 0 Å². The van der Waals surface area contributed by atoms with Crippen molar-refractivity contribution < 1.29 is 35.1 Å². The topological polar surface area (TPSA) is 213 Å². The maximum atomic E-state index is 9.86. The van der Waals surface area contributed by atoms with Gasteiger partial charge in [-0.1, -0.05) is 13.8 Å². The molecule has 140 valence electrons. The lowest BCUT2D eigenvalue weighted by Crippen LogP contribution is -2.39. The van der Waals surface area contributed by atoms with E-state index >= 15 is 0 Å². The SMILES string of the molecule is CC(C)[C@H](N)CO.CC(O)[C@@H](N)C(=O)O.CC(O)[C@H](N)C(=O)O. The van der Waals surface area contributed by atoms with Crippen LogP contribution in [0, 0.1) is 5.92 Å². The zero-order valence-electron chi connectivity index (χ0n) is 14.0. The van der Waals surface area contributed by atoms with Crippen LogP contribution in [0.1, 0.15) is 27.7 Å². The first-order chi connectivity index (χ1) is 10.3. The predicted octanol–water partition coefficient (Wildman–Crippen LogP) is -2.48. The van der Waals surface area contributed by atoms with Gasteiger partial charge in [-0.2, -0.15) is 0 Å². The van der Waals surface area contributed by atoms with Crippen molar-refractivity contribution in [3.05, 3.63) is 0 Å². The summed E-state index contributed by atoms with van der Waals surface area (Å²) in [5, 5.41) is 41.5. The summed E-state index contributed by atoms with van der Waals surface area (Å²) < 4.78 is 0. The third-order valence-electron chi connectivity index (χ3n) is 2.68. The number of carbonyl (C=O) groups is 2. The van der Waals surface area contributed by atoms with E-state index in [-0.39, 0.29) is 12.6 Å². The summed E-state index contributed by atoms with van der Waals surface area (Å²) >= 11 is 0. The molecule has 11 N–H and O–H groups in total. The maximum Gasteiger partial charge on any atom is 0.323 e. The standard InChI is InChI=1S/C5H13NO.2C4H9NO3/c1-4(2)5(6)3-7;2*1-2(6)3(5)4(7)8/h4-5,7H,3,6H2,1-2H3;2*2-3,6H,5H2,1H3,(H,7,8)/t5-;2*2?,3-/m110/s1. The van der Waals surface area contributed by atoms with E-state index in [2.05, 4.69) is 0 Å². The molecule has 0 aliphatic heterocycles. The second kappa shape index (κ2) is 14.3. The molecule has 10 nitrogen and oxygen atoms in total. The molecular weight excluding hydrogens is 310 g/mol. The first kappa shape index (κ1) is 26.6. The summed E-state index contributed by atoms with van der Waals surface area (Å²) in [5.41, 5.74) is 15.2. The average Bonchev–Trinajstić information content (AvgIpc) is 2.45. The number of nitrogens with two attached hydrogens (primary N) is 3. The number of aliphatic hydroxyl groups excluding tert-OH is 3. The van der Waals surface area contributed by atoms with Crippen molar-refractivity contribution in [2.75, 3.05) is 6.61 Å². The Hall–Kier alpha value is -1.30. The quantitative estimate of drug-likeness (QED) is 0.254. The summed E-state index contributed by atoms with van der Waals surface area (Å²) in [6, 6.07) is -2.36. The highest BCUT2D eigenvalue weighted by Crippen LogP contribution is 1.94. The molecule has 5 atom stereocenters. The highest BCUT2D eigenvalue weighted by atomic mass is 16.4. The van der Waals surface area contributed by atoms with Crippen LogP contribution in [0.15, 0.2) is 0 Å². The number of aliphatic hydroxyl groups is 3. The van der Waals surface area contributed by atoms with Gasteiger partial charge in [-0.05, 0) is 19.8 Å². The molecular formula is C13H31N3O7. The van der Waals surface area contributed by atoms with Crippen LogP contribution in [0.2, 0.25) is 0 Å². The van der Waals surface area contributed by atoms with E-state index in [1.807, 2.05) is 13.8 Å². The monoisotopic (exact) mass is 341 g/mol. The average molecular weight is 341 g/mol. The minimum absolute atomic E-state index is 0.0417. The molecule has 0 saturated carbocycles. The molecule has 0 bridgehead atoms. The minimum atomic E-state index is -1.18. The van der Waals surface area contributed by atoms with Crippen molar-refractivity contribution >= 4 is 11.9 Å². The molecule has 0 rings (SSSR count). The molecule has 0 spiro atoms. The van der Waals surface area contributed by atoms with Gasteiger partial charge < -0.3 is 42.7 Å². The number of aliphatic carboxylic acids is 2. The number of hydrogen-bond acceptors (Lipinski definition) is 8. The fraction of sp³-hybridized carbons (Fsp3) is 0.846. The van der Waals surface area contributed by atoms with Gasteiger partial charge in [0, 0.05) is 6.04 Å². The number of carboxylic acids is 2. The number of hydrogen-bond donors (Lipinski definition) is 8. The van der Waals surface area contributed by atoms with Crippen molar-refractivity contribution in [2.45, 2.75) is 58.0 Å². The number of carboxylic acid groups (broad SMARTS) is 2. The third kappa shape index (κ3) is 16.9. The van der Waals surface area contributed by atoms with E-state index in [9.17, 15) is 9.59 Å². The molecule has 0 radical (unpaired) electrons. The van der Waals surface area contributed by atoms with E-state index in [0.29, 0.717) is 5.92 Å². The van der Waals surface area contributed by atoms with E-state index < -0.39 is 36.2 Å². The van der Waals surface area contributed by atoms with Crippen LogP contribution in [0.4, 0.5) is 0 Å². The Morgan fingerprint density at radius 3 is 1.09 bits per heavy atom. The van der Waals surface area contributed by atoms with Crippen molar-refractivity contribution in [1.82, 2.24) is 0 Å². The Bertz CT molecular complexity index is 301. The van der Waals surface area contributed by atoms with Gasteiger partial charge in [0.15, 0.2) is 0 Å². The highest BCUT2D eigenvalue weighted by molar-refractivity contribution is 5.74. The summed E-state index contributed by atoms with van der Waals surface area (Å²) in [7, 11) is 0. The van der Waals surface area contributed by atoms with Gasteiger partial charge in [0.2, 0.25) is 0 Å². The van der Waals surface area contributed by atoms with Crippen LogP contribution in [0.25, 0.3) is 0 Å². The Balaban J connectivity index is -0.000000262. The van der Waals surface area contributed by atoms with Gasteiger partial charge in [-0.25, -0.2) is 0 Å². The Labute approximate surface area is 135 Å². The zero-order chi connectivity index (χ0) is 19.3. The smallest absolute Gasteiger partial charge is 0.323 e. The van der Waals surface area contributed by atoms with Gasteiger partial charge in [0.25, 0.3) is 0 Å². The van der Waals surface area contributed by atoms with Crippen molar-refractivity contribution in [3.8, 4) is 0 Å². The molecule has 0 aliphatic carbocycles. The molecule has 0 aromatic heterocycles. The summed E-state index contributed by atoms with van der Waals surface area (Å²) in [5.74, 6) is -1.97. The second-order valence-corrected chi connectivity index (χ2v) is 5.30. The molecule has 0 aromatic carbocycles. The van der Waals surface area contributed by atoms with Gasteiger partial charge in [-0.15, -0.1) is 0 Å². The highest BCUT2D eigenvalue weighted by Gasteiger charge is 2.16. The molecule has 2 unspecified atom stereocenters. The molecule has 0 aromatic rings. The van der Waals surface area contributed by atoms with Crippen molar-refractivity contribution in [3.63, 3.8) is 0 Å². The predicted molar refractivity (Wildman–Crippen MR) is 84.5 cm³/mol. The summed E-state index contributed by atoms with van der Waals surface area (Å²) in [6.07, 6.45) is -1.96. The molecule has 23 heavy (non-hydrogen) atoms. The third-order valence-corrected chi connectivity index (χ3v) is 2.68. The van der Waals surface area contributed by atoms with Gasteiger partial charge >= 0.3 is 11.9 Å². The molecule has 0 fully saturated rings. The normalized spacial score (nSPS) is 16.7. The first-order valence-electron chi connectivity index (χ1n) is 6.98. The lowest BCUT2D eigenvalue weighted by molar-refractivity contribution is -0.141. The van der Waals surface area contributed by atoms with Gasteiger partial charge in [-0.3, -0.25) is 9.59 Å². The maximum absolute atomic E-state index is 9.86. The molecule has 0 saturated heterocycles. The van der Waals surface area contributed by atoms with Crippen LogP contribution < -0.4 is 17.2 Å². The Morgan fingerprint density at radius 1 is 0.826 bits per heavy atom. The fourth-order valence-corrected chi connectivity index (χ4v) is 0.623. The fourth-order valence-electron chi connectivity index (χ4n) is 0.623. The van der Waals surface area contributed by atoms with Gasteiger partial charge in [0.05, 0.1) is 18.8 Å². The molecule has 0 amide bonds. The Morgan fingerprint density at radius 2 is 1.09 bits per heavy atom.